The number of thiophene rings is 1. The molecule has 2 N–H and O–H groups in total. The quantitative estimate of drug-likeness (QED) is 0.766. The second-order valence-corrected chi connectivity index (χ2v) is 6.73. The Morgan fingerprint density at radius 1 is 1.32 bits per heavy atom. The second-order valence-electron chi connectivity index (χ2n) is 5.74. The van der Waals surface area contributed by atoms with Crippen LogP contribution in [-0.4, -0.2) is 78.2 Å². The molecule has 0 amide bonds. The highest BCUT2D eigenvalue weighted by Crippen LogP contribution is 2.22. The minimum atomic E-state index is -0.285. The van der Waals surface area contributed by atoms with Gasteiger partial charge in [0, 0.05) is 54.6 Å². The van der Waals surface area contributed by atoms with Crippen molar-refractivity contribution < 1.29 is 14.9 Å². The molecule has 5 nitrogen and oxygen atoms in total. The molecule has 0 aromatic carbocycles. The van der Waals surface area contributed by atoms with E-state index in [0.29, 0.717) is 0 Å². The summed E-state index contributed by atoms with van der Waals surface area (Å²) in [5.74, 6) is 5.60. The van der Waals surface area contributed by atoms with Crippen molar-refractivity contribution in [2.75, 3.05) is 46.0 Å². The van der Waals surface area contributed by atoms with E-state index >= 15 is 0 Å². The summed E-state index contributed by atoms with van der Waals surface area (Å²) in [6, 6.07) is 2.29. The summed E-state index contributed by atoms with van der Waals surface area (Å²) in [6.07, 6.45) is -0.285. The van der Waals surface area contributed by atoms with Crippen LogP contribution in [0.2, 0.25) is 0 Å². The SMILES string of the molecule is OCC#Cc1csc(CN2C[C@H](O)[C@@H](N3CCOCC3)C2)c1. The van der Waals surface area contributed by atoms with E-state index in [2.05, 4.69) is 27.7 Å². The van der Waals surface area contributed by atoms with Crippen molar-refractivity contribution in [2.45, 2.75) is 18.7 Å². The fraction of sp³-hybridized carbons (Fsp3) is 0.625. The highest BCUT2D eigenvalue weighted by Gasteiger charge is 2.35. The van der Waals surface area contributed by atoms with Crippen molar-refractivity contribution >= 4 is 11.3 Å². The summed E-state index contributed by atoms with van der Waals surface area (Å²) in [5.41, 5.74) is 0.957. The summed E-state index contributed by atoms with van der Waals surface area (Å²) in [6.45, 7) is 5.72. The van der Waals surface area contributed by atoms with E-state index in [1.54, 1.807) is 11.3 Å². The van der Waals surface area contributed by atoms with Crippen molar-refractivity contribution in [3.8, 4) is 11.8 Å². The minimum absolute atomic E-state index is 0.106. The third-order valence-corrected chi connectivity index (χ3v) is 5.12. The molecule has 3 heterocycles. The highest BCUT2D eigenvalue weighted by atomic mass is 32.1. The average molecular weight is 322 g/mol. The predicted octanol–water partition coefficient (Wildman–Crippen LogP) is -0.0308. The molecule has 2 fully saturated rings. The Kier molecular flexibility index (Phi) is 5.47. The van der Waals surface area contributed by atoms with Gasteiger partial charge in [-0.2, -0.15) is 0 Å². The van der Waals surface area contributed by atoms with Gasteiger partial charge in [-0.3, -0.25) is 9.80 Å². The third-order valence-electron chi connectivity index (χ3n) is 4.19. The molecule has 0 spiro atoms. The predicted molar refractivity (Wildman–Crippen MR) is 85.7 cm³/mol. The number of nitrogens with zero attached hydrogens (tertiary/aromatic N) is 2. The zero-order valence-electron chi connectivity index (χ0n) is 12.6. The van der Waals surface area contributed by atoms with Crippen LogP contribution in [0, 0.1) is 11.8 Å². The molecule has 22 heavy (non-hydrogen) atoms. The van der Waals surface area contributed by atoms with Crippen LogP contribution >= 0.6 is 11.3 Å². The van der Waals surface area contributed by atoms with Crippen LogP contribution in [0.4, 0.5) is 0 Å². The van der Waals surface area contributed by atoms with Crippen LogP contribution in [0.1, 0.15) is 10.4 Å². The number of rotatable bonds is 3. The molecule has 2 atom stereocenters. The van der Waals surface area contributed by atoms with E-state index in [0.717, 1.165) is 51.5 Å². The lowest BCUT2D eigenvalue weighted by molar-refractivity contribution is -0.00617. The zero-order chi connectivity index (χ0) is 15.4. The first-order chi connectivity index (χ1) is 10.8. The highest BCUT2D eigenvalue weighted by molar-refractivity contribution is 7.10. The molecule has 1 aromatic heterocycles. The second kappa shape index (κ2) is 7.55. The maximum atomic E-state index is 10.3. The summed E-state index contributed by atoms with van der Waals surface area (Å²) in [7, 11) is 0. The first kappa shape index (κ1) is 15.9. The number of aliphatic hydroxyl groups is 2. The van der Waals surface area contributed by atoms with E-state index in [1.807, 2.05) is 5.38 Å². The maximum absolute atomic E-state index is 10.3. The minimum Gasteiger partial charge on any atom is -0.390 e. The van der Waals surface area contributed by atoms with E-state index in [1.165, 1.54) is 4.88 Å². The first-order valence-corrected chi connectivity index (χ1v) is 8.53. The number of hydrogen-bond acceptors (Lipinski definition) is 6. The van der Waals surface area contributed by atoms with Gasteiger partial charge in [-0.25, -0.2) is 0 Å². The van der Waals surface area contributed by atoms with Gasteiger partial charge in [0.15, 0.2) is 0 Å². The molecule has 0 bridgehead atoms. The standard InChI is InChI=1S/C16H22N2O3S/c19-5-1-2-13-8-14(22-12-13)9-17-10-15(16(20)11-17)18-3-6-21-7-4-18/h8,12,15-16,19-20H,3-7,9-11H2/t15-,16-/m0/s1. The third kappa shape index (κ3) is 3.87. The van der Waals surface area contributed by atoms with Crippen LogP contribution < -0.4 is 0 Å². The lowest BCUT2D eigenvalue weighted by Crippen LogP contribution is -2.48. The smallest absolute Gasteiger partial charge is 0.104 e. The van der Waals surface area contributed by atoms with E-state index in [9.17, 15) is 5.11 Å². The maximum Gasteiger partial charge on any atom is 0.104 e. The Morgan fingerprint density at radius 2 is 2.14 bits per heavy atom. The van der Waals surface area contributed by atoms with Gasteiger partial charge >= 0.3 is 0 Å². The fourth-order valence-corrected chi connectivity index (χ4v) is 3.99. The number of ether oxygens (including phenoxy) is 1. The topological polar surface area (TPSA) is 56.2 Å². The lowest BCUT2D eigenvalue weighted by Gasteiger charge is -2.33. The van der Waals surface area contributed by atoms with Gasteiger partial charge in [-0.05, 0) is 6.07 Å². The summed E-state index contributed by atoms with van der Waals surface area (Å²) < 4.78 is 5.39. The number of hydrogen-bond donors (Lipinski definition) is 2. The van der Waals surface area contributed by atoms with Gasteiger partial charge in [0.05, 0.1) is 19.3 Å². The van der Waals surface area contributed by atoms with Gasteiger partial charge < -0.3 is 14.9 Å². The van der Waals surface area contributed by atoms with Crippen molar-refractivity contribution in [3.05, 3.63) is 21.9 Å². The van der Waals surface area contributed by atoms with Crippen LogP contribution in [0.3, 0.4) is 0 Å². The number of likely N-dealkylation sites (tertiary alicyclic amines) is 1. The Labute approximate surface area is 135 Å². The van der Waals surface area contributed by atoms with Crippen molar-refractivity contribution in [1.29, 1.82) is 0 Å². The average Bonchev–Trinajstić information content (AvgIpc) is 3.13. The summed E-state index contributed by atoms with van der Waals surface area (Å²) in [4.78, 5) is 5.90. The molecule has 2 saturated heterocycles. The Morgan fingerprint density at radius 3 is 2.91 bits per heavy atom. The van der Waals surface area contributed by atoms with Gasteiger partial charge in [-0.1, -0.05) is 11.8 Å². The zero-order valence-corrected chi connectivity index (χ0v) is 13.4. The Balaban J connectivity index is 1.56. The van der Waals surface area contributed by atoms with Crippen molar-refractivity contribution in [3.63, 3.8) is 0 Å². The molecule has 0 saturated carbocycles. The molecule has 6 heteroatoms. The summed E-state index contributed by atoms with van der Waals surface area (Å²) >= 11 is 1.68. The first-order valence-electron chi connectivity index (χ1n) is 7.65. The van der Waals surface area contributed by atoms with E-state index in [4.69, 9.17) is 9.84 Å². The molecule has 2 aliphatic heterocycles. The number of aliphatic hydroxyl groups excluding tert-OH is 2. The van der Waals surface area contributed by atoms with E-state index < -0.39 is 0 Å². The molecule has 2 aliphatic rings. The molecular weight excluding hydrogens is 300 g/mol. The molecule has 0 unspecified atom stereocenters. The van der Waals surface area contributed by atoms with Crippen LogP contribution in [0.15, 0.2) is 11.4 Å². The van der Waals surface area contributed by atoms with Crippen molar-refractivity contribution in [1.82, 2.24) is 9.80 Å². The van der Waals surface area contributed by atoms with Gasteiger partial charge in [0.1, 0.15) is 6.61 Å². The number of β-amino-alcohol motifs (C(OH)–C–C–N with tert-alkyl or cyclic N) is 1. The largest absolute Gasteiger partial charge is 0.390 e. The number of morpholine rings is 1. The fourth-order valence-electron chi connectivity index (χ4n) is 3.14. The van der Waals surface area contributed by atoms with Gasteiger partial charge in [0.25, 0.3) is 0 Å². The summed E-state index contributed by atoms with van der Waals surface area (Å²) in [5, 5.41) is 21.1. The lowest BCUT2D eigenvalue weighted by atomic mass is 10.2. The molecule has 0 radical (unpaired) electrons. The van der Waals surface area contributed by atoms with Crippen LogP contribution in [0.5, 0.6) is 0 Å². The Hall–Kier alpha value is -0.940. The molecular formula is C16H22N2O3S. The molecule has 0 aliphatic carbocycles. The molecule has 3 rings (SSSR count). The van der Waals surface area contributed by atoms with Gasteiger partial charge in [0.2, 0.25) is 0 Å². The molecule has 120 valence electrons. The van der Waals surface area contributed by atoms with Gasteiger partial charge in [-0.15, -0.1) is 11.3 Å². The van der Waals surface area contributed by atoms with E-state index in [-0.39, 0.29) is 18.8 Å². The normalized spacial score (nSPS) is 26.8. The van der Waals surface area contributed by atoms with Crippen LogP contribution in [0.25, 0.3) is 0 Å². The monoisotopic (exact) mass is 322 g/mol. The van der Waals surface area contributed by atoms with Crippen LogP contribution in [-0.2, 0) is 11.3 Å². The molecule has 1 aromatic rings. The van der Waals surface area contributed by atoms with Crippen molar-refractivity contribution in [2.24, 2.45) is 0 Å². The Bertz CT molecular complexity index is 545.